The number of amides is 1. The van der Waals surface area contributed by atoms with Gasteiger partial charge in [0, 0.05) is 18.8 Å². The van der Waals surface area contributed by atoms with E-state index in [0.717, 1.165) is 19.4 Å². The molecule has 0 aromatic carbocycles. The highest BCUT2D eigenvalue weighted by Gasteiger charge is 2.24. The normalized spacial score (nSPS) is 18.1. The van der Waals surface area contributed by atoms with Gasteiger partial charge in [-0.2, -0.15) is 0 Å². The van der Waals surface area contributed by atoms with Crippen LogP contribution in [0.1, 0.15) is 26.2 Å². The van der Waals surface area contributed by atoms with Crippen LogP contribution in [0, 0.1) is 0 Å². The van der Waals surface area contributed by atoms with E-state index in [1.54, 1.807) is 6.20 Å². The van der Waals surface area contributed by atoms with E-state index in [1.165, 1.54) is 22.9 Å². The Hall–Kier alpha value is -2.09. The standard InChI is InChI=1S/C15H20N6OS/c1-11-6-3-5-9-20(11)13(22)10-23-15-19-18-14(21(15)16)12-7-2-4-8-17-12/h2,4,7-8,11H,3,5-6,9-10,16H2,1H3. The van der Waals surface area contributed by atoms with Gasteiger partial charge in [0.15, 0.2) is 0 Å². The van der Waals surface area contributed by atoms with E-state index in [0.29, 0.717) is 28.5 Å². The van der Waals surface area contributed by atoms with Gasteiger partial charge in [0.25, 0.3) is 0 Å². The summed E-state index contributed by atoms with van der Waals surface area (Å²) in [5.41, 5.74) is 0.658. The number of carbonyl (C=O) groups excluding carboxylic acids is 1. The molecule has 0 bridgehead atoms. The Kier molecular flexibility index (Phi) is 4.80. The topological polar surface area (TPSA) is 89.9 Å². The van der Waals surface area contributed by atoms with Gasteiger partial charge in [-0.1, -0.05) is 17.8 Å². The van der Waals surface area contributed by atoms with Crippen molar-refractivity contribution in [3.63, 3.8) is 0 Å². The molecule has 8 heteroatoms. The Balaban J connectivity index is 1.65. The molecule has 1 aliphatic heterocycles. The lowest BCUT2D eigenvalue weighted by Gasteiger charge is -2.33. The highest BCUT2D eigenvalue weighted by Crippen LogP contribution is 2.22. The number of hydrogen-bond donors (Lipinski definition) is 1. The number of aromatic nitrogens is 4. The van der Waals surface area contributed by atoms with Gasteiger partial charge in [0.05, 0.1) is 5.75 Å². The lowest BCUT2D eigenvalue weighted by molar-refractivity contribution is -0.131. The van der Waals surface area contributed by atoms with Gasteiger partial charge in [0.1, 0.15) is 5.69 Å². The first-order valence-electron chi connectivity index (χ1n) is 7.71. The number of nitrogens with zero attached hydrogens (tertiary/aromatic N) is 5. The smallest absolute Gasteiger partial charge is 0.233 e. The van der Waals surface area contributed by atoms with Crippen LogP contribution in [0.25, 0.3) is 11.5 Å². The summed E-state index contributed by atoms with van der Waals surface area (Å²) in [6, 6.07) is 5.83. The highest BCUT2D eigenvalue weighted by molar-refractivity contribution is 7.99. The largest absolute Gasteiger partial charge is 0.339 e. The van der Waals surface area contributed by atoms with Crippen LogP contribution in [-0.4, -0.2) is 49.0 Å². The van der Waals surface area contributed by atoms with Crippen molar-refractivity contribution in [2.24, 2.45) is 0 Å². The first-order chi connectivity index (χ1) is 11.2. The minimum absolute atomic E-state index is 0.129. The van der Waals surface area contributed by atoms with Crippen molar-refractivity contribution in [3.05, 3.63) is 24.4 Å². The van der Waals surface area contributed by atoms with Crippen molar-refractivity contribution in [1.82, 2.24) is 24.8 Å². The molecular weight excluding hydrogens is 312 g/mol. The van der Waals surface area contributed by atoms with Gasteiger partial charge >= 0.3 is 0 Å². The average molecular weight is 332 g/mol. The van der Waals surface area contributed by atoms with E-state index in [1.807, 2.05) is 23.1 Å². The summed E-state index contributed by atoms with van der Waals surface area (Å²) >= 11 is 1.31. The third-order valence-corrected chi connectivity index (χ3v) is 4.93. The van der Waals surface area contributed by atoms with Crippen LogP contribution in [0.3, 0.4) is 0 Å². The fourth-order valence-corrected chi connectivity index (χ4v) is 3.47. The summed E-state index contributed by atoms with van der Waals surface area (Å²) in [7, 11) is 0. The van der Waals surface area contributed by atoms with Gasteiger partial charge in [-0.15, -0.1) is 10.2 Å². The van der Waals surface area contributed by atoms with Crippen molar-refractivity contribution >= 4 is 17.7 Å². The fourth-order valence-electron chi connectivity index (χ4n) is 2.72. The van der Waals surface area contributed by atoms with Crippen molar-refractivity contribution in [2.75, 3.05) is 18.1 Å². The molecule has 2 aromatic rings. The zero-order valence-corrected chi connectivity index (χ0v) is 13.9. The molecule has 1 amide bonds. The number of carbonyl (C=O) groups is 1. The second-order valence-electron chi connectivity index (χ2n) is 5.61. The quantitative estimate of drug-likeness (QED) is 0.675. The highest BCUT2D eigenvalue weighted by atomic mass is 32.2. The minimum atomic E-state index is 0.129. The van der Waals surface area contributed by atoms with Gasteiger partial charge in [0.2, 0.25) is 16.9 Å². The molecular formula is C15H20N6OS. The van der Waals surface area contributed by atoms with Crippen LogP contribution in [0.15, 0.2) is 29.6 Å². The molecule has 1 unspecified atom stereocenters. The Labute approximate surface area is 139 Å². The van der Waals surface area contributed by atoms with Crippen LogP contribution in [0.5, 0.6) is 0 Å². The molecule has 1 atom stereocenters. The predicted molar refractivity (Wildman–Crippen MR) is 89.2 cm³/mol. The fraction of sp³-hybridized carbons (Fsp3) is 0.467. The molecule has 23 heavy (non-hydrogen) atoms. The number of thioether (sulfide) groups is 1. The number of nitrogens with two attached hydrogens (primary N) is 1. The molecule has 0 saturated carbocycles. The lowest BCUT2D eigenvalue weighted by atomic mass is 10.0. The Morgan fingerprint density at radius 3 is 3.00 bits per heavy atom. The van der Waals surface area contributed by atoms with E-state index in [-0.39, 0.29) is 5.91 Å². The molecule has 2 N–H and O–H groups in total. The van der Waals surface area contributed by atoms with E-state index < -0.39 is 0 Å². The van der Waals surface area contributed by atoms with E-state index in [4.69, 9.17) is 5.84 Å². The van der Waals surface area contributed by atoms with Gasteiger partial charge < -0.3 is 10.7 Å². The summed E-state index contributed by atoms with van der Waals surface area (Å²) in [5, 5.41) is 8.66. The molecule has 3 rings (SSSR count). The second kappa shape index (κ2) is 6.99. The molecule has 3 heterocycles. The SMILES string of the molecule is CC1CCCCN1C(=O)CSc1nnc(-c2ccccn2)n1N. The first-order valence-corrected chi connectivity index (χ1v) is 8.69. The zero-order valence-electron chi connectivity index (χ0n) is 13.1. The maximum atomic E-state index is 12.4. The van der Waals surface area contributed by atoms with Gasteiger partial charge in [-0.25, -0.2) is 4.68 Å². The number of pyridine rings is 1. The third-order valence-electron chi connectivity index (χ3n) is 4.01. The third kappa shape index (κ3) is 3.47. The predicted octanol–water partition coefficient (Wildman–Crippen LogP) is 1.55. The van der Waals surface area contributed by atoms with Crippen molar-refractivity contribution in [3.8, 4) is 11.5 Å². The number of piperidine rings is 1. The maximum absolute atomic E-state index is 12.4. The minimum Gasteiger partial charge on any atom is -0.339 e. The Morgan fingerprint density at radius 2 is 2.26 bits per heavy atom. The molecule has 0 aliphatic carbocycles. The second-order valence-corrected chi connectivity index (χ2v) is 6.55. The van der Waals surface area contributed by atoms with Crippen LogP contribution >= 0.6 is 11.8 Å². The molecule has 122 valence electrons. The van der Waals surface area contributed by atoms with Crippen molar-refractivity contribution in [2.45, 2.75) is 37.4 Å². The van der Waals surface area contributed by atoms with Crippen LogP contribution in [0.4, 0.5) is 0 Å². The van der Waals surface area contributed by atoms with Gasteiger partial charge in [-0.3, -0.25) is 9.78 Å². The summed E-state index contributed by atoms with van der Waals surface area (Å²) in [6.45, 7) is 2.95. The zero-order chi connectivity index (χ0) is 16.2. The maximum Gasteiger partial charge on any atom is 0.233 e. The Bertz CT molecular complexity index is 674. The summed E-state index contributed by atoms with van der Waals surface area (Å²) in [6.07, 6.45) is 5.03. The molecule has 1 fully saturated rings. The summed E-state index contributed by atoms with van der Waals surface area (Å²) in [5.74, 6) is 6.98. The monoisotopic (exact) mass is 332 g/mol. The number of hydrogen-bond acceptors (Lipinski definition) is 6. The Morgan fingerprint density at radius 1 is 1.39 bits per heavy atom. The first kappa shape index (κ1) is 15.8. The molecule has 1 saturated heterocycles. The number of rotatable bonds is 4. The van der Waals surface area contributed by atoms with Gasteiger partial charge in [-0.05, 0) is 38.3 Å². The van der Waals surface area contributed by atoms with Crippen LogP contribution < -0.4 is 5.84 Å². The molecule has 0 spiro atoms. The molecule has 1 aliphatic rings. The lowest BCUT2D eigenvalue weighted by Crippen LogP contribution is -2.43. The van der Waals surface area contributed by atoms with E-state index in [9.17, 15) is 4.79 Å². The number of nitrogen functional groups attached to an aromatic ring is 1. The van der Waals surface area contributed by atoms with Crippen LogP contribution in [-0.2, 0) is 4.79 Å². The molecule has 7 nitrogen and oxygen atoms in total. The summed E-state index contributed by atoms with van der Waals surface area (Å²) < 4.78 is 1.39. The molecule has 0 radical (unpaired) electrons. The van der Waals surface area contributed by atoms with Crippen molar-refractivity contribution in [1.29, 1.82) is 0 Å². The van der Waals surface area contributed by atoms with Crippen LogP contribution in [0.2, 0.25) is 0 Å². The van der Waals surface area contributed by atoms with E-state index in [2.05, 4.69) is 22.1 Å². The molecule has 2 aromatic heterocycles. The summed E-state index contributed by atoms with van der Waals surface area (Å²) in [4.78, 5) is 18.5. The van der Waals surface area contributed by atoms with Crippen molar-refractivity contribution < 1.29 is 4.79 Å². The van der Waals surface area contributed by atoms with E-state index >= 15 is 0 Å². The number of likely N-dealkylation sites (tertiary alicyclic amines) is 1. The average Bonchev–Trinajstić information content (AvgIpc) is 2.94.